The predicted octanol–water partition coefficient (Wildman–Crippen LogP) is 4.97. The first-order chi connectivity index (χ1) is 14.3. The topological polar surface area (TPSA) is 110 Å². The van der Waals surface area contributed by atoms with Gasteiger partial charge in [-0.25, -0.2) is 4.39 Å². The molecular weight excluding hydrogens is 453 g/mol. The van der Waals surface area contributed by atoms with Gasteiger partial charge in [-0.2, -0.15) is 0 Å². The molecule has 0 saturated carbocycles. The second-order valence-corrected chi connectivity index (χ2v) is 9.00. The van der Waals surface area contributed by atoms with Crippen LogP contribution in [0.4, 0.5) is 20.9 Å². The minimum atomic E-state index is -0.562. The molecule has 0 aliphatic heterocycles. The lowest BCUT2D eigenvalue weighted by molar-refractivity contribution is -0.384. The fourth-order valence-corrected chi connectivity index (χ4v) is 4.38. The van der Waals surface area contributed by atoms with Crippen molar-refractivity contribution in [2.45, 2.75) is 23.1 Å². The van der Waals surface area contributed by atoms with Crippen LogP contribution in [0, 0.1) is 15.9 Å². The number of carbonyl (C=O) groups is 1. The summed E-state index contributed by atoms with van der Waals surface area (Å²) in [5, 5.41) is 24.7. The van der Waals surface area contributed by atoms with Crippen LogP contribution in [-0.2, 0) is 11.3 Å². The van der Waals surface area contributed by atoms with E-state index < -0.39 is 10.2 Å². The third kappa shape index (κ3) is 5.88. The Morgan fingerprint density at radius 2 is 2.03 bits per heavy atom. The third-order valence-electron chi connectivity index (χ3n) is 3.83. The first kappa shape index (κ1) is 21.9. The van der Waals surface area contributed by atoms with Crippen LogP contribution in [0.1, 0.15) is 12.5 Å². The number of hydrogen-bond donors (Lipinski definition) is 2. The molecule has 0 bridgehead atoms. The first-order valence-corrected chi connectivity index (χ1v) is 10.6. The molecule has 2 aromatic carbocycles. The molecule has 0 radical (unpaired) electrons. The quantitative estimate of drug-likeness (QED) is 0.273. The largest absolute Gasteiger partial charge is 0.356 e. The van der Waals surface area contributed by atoms with Crippen molar-refractivity contribution in [2.24, 2.45) is 0 Å². The van der Waals surface area contributed by atoms with Crippen LogP contribution in [0.5, 0.6) is 0 Å². The van der Waals surface area contributed by atoms with E-state index in [1.165, 1.54) is 53.4 Å². The molecule has 156 valence electrons. The highest BCUT2D eigenvalue weighted by Gasteiger charge is 2.19. The van der Waals surface area contributed by atoms with E-state index >= 15 is 0 Å². The number of non-ortho nitro benzene ring substituents is 1. The van der Waals surface area contributed by atoms with Gasteiger partial charge in [0.2, 0.25) is 11.0 Å². The van der Waals surface area contributed by atoms with Crippen LogP contribution in [0.2, 0.25) is 5.02 Å². The van der Waals surface area contributed by atoms with E-state index in [9.17, 15) is 19.3 Å². The smallest absolute Gasteiger partial charge is 0.271 e. The number of thioether (sulfide) groups is 1. The highest BCUT2D eigenvalue weighted by atomic mass is 35.5. The summed E-state index contributed by atoms with van der Waals surface area (Å²) in [6.45, 7) is 2.17. The molecule has 12 heteroatoms. The zero-order valence-corrected chi connectivity index (χ0v) is 17.9. The molecule has 1 atom stereocenters. The predicted molar refractivity (Wildman–Crippen MR) is 116 cm³/mol. The summed E-state index contributed by atoms with van der Waals surface area (Å²) in [6, 6.07) is 9.95. The average molecular weight is 468 g/mol. The zero-order valence-electron chi connectivity index (χ0n) is 15.5. The molecular formula is C18H15ClFN5O3S2. The van der Waals surface area contributed by atoms with Crippen molar-refractivity contribution >= 4 is 57.1 Å². The van der Waals surface area contributed by atoms with E-state index in [-0.39, 0.29) is 22.4 Å². The van der Waals surface area contributed by atoms with E-state index in [0.717, 1.165) is 5.56 Å². The average Bonchev–Trinajstić information content (AvgIpc) is 3.16. The molecule has 2 N–H and O–H groups in total. The van der Waals surface area contributed by atoms with Crippen LogP contribution in [0.15, 0.2) is 46.8 Å². The number of nitrogens with one attached hydrogen (secondary N) is 2. The standard InChI is InChI=1S/C18H15ClFN5O3S2/c1-10(16(26)22-15-7-6-13(25(27)28)8-14(15)19)29-18-24-23-17(30-18)21-9-11-2-4-12(20)5-3-11/h2-8,10H,9H2,1H3,(H,21,23)(H,22,26). The Kier molecular flexibility index (Phi) is 7.19. The van der Waals surface area contributed by atoms with Crippen molar-refractivity contribution in [1.29, 1.82) is 0 Å². The fraction of sp³-hybridized carbons (Fsp3) is 0.167. The number of nitro groups is 1. The second-order valence-electron chi connectivity index (χ2n) is 6.02. The number of amides is 1. The number of benzene rings is 2. The highest BCUT2D eigenvalue weighted by Crippen LogP contribution is 2.31. The number of aromatic nitrogens is 2. The number of nitrogens with zero attached hydrogens (tertiary/aromatic N) is 3. The molecule has 0 spiro atoms. The number of hydrogen-bond acceptors (Lipinski definition) is 8. The Bertz CT molecular complexity index is 1060. The van der Waals surface area contributed by atoms with Gasteiger partial charge in [0, 0.05) is 18.7 Å². The molecule has 0 saturated heterocycles. The van der Waals surface area contributed by atoms with Crippen molar-refractivity contribution in [3.63, 3.8) is 0 Å². The molecule has 3 rings (SSSR count). The summed E-state index contributed by atoms with van der Waals surface area (Å²) in [4.78, 5) is 22.6. The number of rotatable bonds is 8. The molecule has 1 unspecified atom stereocenters. The molecule has 8 nitrogen and oxygen atoms in total. The molecule has 3 aromatic rings. The fourth-order valence-electron chi connectivity index (χ4n) is 2.27. The molecule has 1 heterocycles. The maximum Gasteiger partial charge on any atom is 0.271 e. The second kappa shape index (κ2) is 9.83. The molecule has 0 aliphatic carbocycles. The Balaban J connectivity index is 1.54. The van der Waals surface area contributed by atoms with Crippen LogP contribution in [0.25, 0.3) is 0 Å². The van der Waals surface area contributed by atoms with E-state index in [4.69, 9.17) is 11.6 Å². The number of nitro benzene ring substituents is 1. The van der Waals surface area contributed by atoms with Crippen molar-refractivity contribution in [2.75, 3.05) is 10.6 Å². The van der Waals surface area contributed by atoms with Gasteiger partial charge in [0.05, 0.1) is 20.9 Å². The number of anilines is 2. The minimum absolute atomic E-state index is 0.0814. The van der Waals surface area contributed by atoms with Gasteiger partial charge in [0.25, 0.3) is 5.69 Å². The van der Waals surface area contributed by atoms with Crippen molar-refractivity contribution in [1.82, 2.24) is 10.2 Å². The molecule has 1 aromatic heterocycles. The molecule has 0 fully saturated rings. The van der Waals surface area contributed by atoms with E-state index in [2.05, 4.69) is 20.8 Å². The van der Waals surface area contributed by atoms with Gasteiger partial charge in [0.15, 0.2) is 4.34 Å². The Morgan fingerprint density at radius 1 is 1.30 bits per heavy atom. The Labute approximate surface area is 184 Å². The van der Waals surface area contributed by atoms with Gasteiger partial charge in [-0.3, -0.25) is 14.9 Å². The highest BCUT2D eigenvalue weighted by molar-refractivity contribution is 8.02. The summed E-state index contributed by atoms with van der Waals surface area (Å²) in [6.07, 6.45) is 0. The van der Waals surface area contributed by atoms with Gasteiger partial charge in [-0.1, -0.05) is 46.8 Å². The zero-order chi connectivity index (χ0) is 21.7. The summed E-state index contributed by atoms with van der Waals surface area (Å²) in [5.74, 6) is -0.623. The van der Waals surface area contributed by atoms with Crippen LogP contribution >= 0.6 is 34.7 Å². The van der Waals surface area contributed by atoms with E-state index in [0.29, 0.717) is 21.7 Å². The molecule has 1 amide bonds. The number of carbonyl (C=O) groups excluding carboxylic acids is 1. The van der Waals surface area contributed by atoms with Crippen LogP contribution in [0.3, 0.4) is 0 Å². The lowest BCUT2D eigenvalue weighted by Gasteiger charge is -2.11. The summed E-state index contributed by atoms with van der Waals surface area (Å²) in [7, 11) is 0. The number of halogens is 2. The van der Waals surface area contributed by atoms with Crippen LogP contribution in [-0.4, -0.2) is 26.3 Å². The van der Waals surface area contributed by atoms with Crippen molar-refractivity contribution < 1.29 is 14.1 Å². The monoisotopic (exact) mass is 467 g/mol. The normalized spacial score (nSPS) is 11.7. The Hall–Kier alpha value is -2.76. The summed E-state index contributed by atoms with van der Waals surface area (Å²) in [5.41, 5.74) is 1.03. The lowest BCUT2D eigenvalue weighted by Crippen LogP contribution is -2.22. The van der Waals surface area contributed by atoms with Gasteiger partial charge < -0.3 is 10.6 Å². The summed E-state index contributed by atoms with van der Waals surface area (Å²) >= 11 is 8.52. The first-order valence-electron chi connectivity index (χ1n) is 8.55. The maximum atomic E-state index is 12.9. The van der Waals surface area contributed by atoms with Gasteiger partial charge in [0.1, 0.15) is 5.82 Å². The van der Waals surface area contributed by atoms with Crippen LogP contribution < -0.4 is 10.6 Å². The van der Waals surface area contributed by atoms with Gasteiger partial charge in [-0.05, 0) is 30.7 Å². The van der Waals surface area contributed by atoms with E-state index in [1.54, 1.807) is 19.1 Å². The SMILES string of the molecule is CC(Sc1nnc(NCc2ccc(F)cc2)s1)C(=O)Nc1ccc([N+](=O)[O-])cc1Cl. The molecule has 0 aliphatic rings. The third-order valence-corrected chi connectivity index (χ3v) is 6.21. The van der Waals surface area contributed by atoms with Crippen molar-refractivity contribution in [3.05, 3.63) is 69.0 Å². The molecule has 30 heavy (non-hydrogen) atoms. The maximum absolute atomic E-state index is 12.9. The Morgan fingerprint density at radius 3 is 2.70 bits per heavy atom. The van der Waals surface area contributed by atoms with E-state index in [1.807, 2.05) is 0 Å². The van der Waals surface area contributed by atoms with Gasteiger partial charge in [-0.15, -0.1) is 10.2 Å². The van der Waals surface area contributed by atoms with Crippen molar-refractivity contribution in [3.8, 4) is 0 Å². The van der Waals surface area contributed by atoms with Gasteiger partial charge >= 0.3 is 0 Å². The minimum Gasteiger partial charge on any atom is -0.356 e. The lowest BCUT2D eigenvalue weighted by atomic mass is 10.2. The summed E-state index contributed by atoms with van der Waals surface area (Å²) < 4.78 is 13.5.